The molecule has 0 aliphatic rings. The number of nitrogens with one attached hydrogen (secondary N) is 1. The van der Waals surface area contributed by atoms with Gasteiger partial charge in [-0.2, -0.15) is 11.8 Å². The monoisotopic (exact) mass is 318 g/mol. The van der Waals surface area contributed by atoms with Gasteiger partial charge in [0.1, 0.15) is 0 Å². The number of aliphatic hydroxyl groups is 1. The Bertz CT molecular complexity index is 522. The SMILES string of the molecule is Cc1cc(N)cc(C)c1S(=O)(=O)NCCSCCCO. The third-order valence-corrected chi connectivity index (χ3v) is 5.57. The van der Waals surface area contributed by atoms with E-state index in [-0.39, 0.29) is 6.61 Å². The molecule has 0 aromatic heterocycles. The molecule has 20 heavy (non-hydrogen) atoms. The van der Waals surface area contributed by atoms with E-state index in [1.807, 2.05) is 0 Å². The minimum atomic E-state index is -3.50. The molecule has 0 bridgehead atoms. The molecule has 114 valence electrons. The zero-order valence-electron chi connectivity index (χ0n) is 11.8. The lowest BCUT2D eigenvalue weighted by molar-refractivity contribution is 0.296. The molecule has 7 heteroatoms. The van der Waals surface area contributed by atoms with Gasteiger partial charge >= 0.3 is 0 Å². The maximum Gasteiger partial charge on any atom is 0.241 e. The number of anilines is 1. The second kappa shape index (κ2) is 7.87. The average molecular weight is 318 g/mol. The van der Waals surface area contributed by atoms with Crippen LogP contribution in [0.25, 0.3) is 0 Å². The molecule has 1 aromatic carbocycles. The van der Waals surface area contributed by atoms with Crippen molar-refractivity contribution in [2.75, 3.05) is 30.4 Å². The van der Waals surface area contributed by atoms with Crippen LogP contribution in [0.1, 0.15) is 17.5 Å². The van der Waals surface area contributed by atoms with E-state index in [0.29, 0.717) is 34.0 Å². The number of thioether (sulfide) groups is 1. The lowest BCUT2D eigenvalue weighted by Gasteiger charge is -2.12. The molecule has 0 radical (unpaired) electrons. The first-order valence-corrected chi connectivity index (χ1v) is 9.07. The van der Waals surface area contributed by atoms with Crippen LogP contribution in [0.4, 0.5) is 5.69 Å². The molecule has 0 fully saturated rings. The van der Waals surface area contributed by atoms with E-state index in [1.54, 1.807) is 37.7 Å². The summed E-state index contributed by atoms with van der Waals surface area (Å²) in [6.07, 6.45) is 0.730. The normalized spacial score (nSPS) is 11.8. The van der Waals surface area contributed by atoms with E-state index < -0.39 is 10.0 Å². The second-order valence-corrected chi connectivity index (χ2v) is 7.50. The topological polar surface area (TPSA) is 92.4 Å². The van der Waals surface area contributed by atoms with Crippen molar-refractivity contribution in [3.05, 3.63) is 23.3 Å². The van der Waals surface area contributed by atoms with Gasteiger partial charge in [0.25, 0.3) is 0 Å². The van der Waals surface area contributed by atoms with E-state index in [4.69, 9.17) is 10.8 Å². The molecular weight excluding hydrogens is 296 g/mol. The molecule has 0 spiro atoms. The van der Waals surface area contributed by atoms with Gasteiger partial charge in [-0.25, -0.2) is 13.1 Å². The Morgan fingerprint density at radius 1 is 1.25 bits per heavy atom. The molecule has 0 atom stereocenters. The summed E-state index contributed by atoms with van der Waals surface area (Å²) in [4.78, 5) is 0.312. The highest BCUT2D eigenvalue weighted by Crippen LogP contribution is 2.22. The smallest absolute Gasteiger partial charge is 0.241 e. The third-order valence-electron chi connectivity index (χ3n) is 2.74. The first kappa shape index (κ1) is 17.3. The number of aliphatic hydroxyl groups excluding tert-OH is 1. The summed E-state index contributed by atoms with van der Waals surface area (Å²) in [6, 6.07) is 3.33. The van der Waals surface area contributed by atoms with Crippen molar-refractivity contribution in [3.8, 4) is 0 Å². The van der Waals surface area contributed by atoms with Crippen molar-refractivity contribution < 1.29 is 13.5 Å². The summed E-state index contributed by atoms with van der Waals surface area (Å²) in [6.45, 7) is 4.03. The maximum atomic E-state index is 12.3. The third kappa shape index (κ3) is 4.97. The summed E-state index contributed by atoms with van der Waals surface area (Å²) in [7, 11) is -3.50. The molecule has 0 saturated heterocycles. The highest BCUT2D eigenvalue weighted by Gasteiger charge is 2.19. The fraction of sp³-hybridized carbons (Fsp3) is 0.538. The molecule has 5 nitrogen and oxygen atoms in total. The Kier molecular flexibility index (Phi) is 6.81. The second-order valence-electron chi connectivity index (χ2n) is 4.57. The molecule has 0 unspecified atom stereocenters. The molecule has 0 aliphatic carbocycles. The van der Waals surface area contributed by atoms with E-state index in [1.165, 1.54) is 0 Å². The van der Waals surface area contributed by atoms with Gasteiger partial charge in [0.2, 0.25) is 10.0 Å². The molecule has 0 aliphatic heterocycles. The summed E-state index contributed by atoms with van der Waals surface area (Å²) in [5, 5.41) is 8.65. The van der Waals surface area contributed by atoms with Crippen LogP contribution in [0.3, 0.4) is 0 Å². The maximum absolute atomic E-state index is 12.3. The quantitative estimate of drug-likeness (QED) is 0.496. The fourth-order valence-electron chi connectivity index (χ4n) is 2.00. The molecule has 0 saturated carbocycles. The zero-order chi connectivity index (χ0) is 15.2. The van der Waals surface area contributed by atoms with Gasteiger partial charge in [0, 0.05) is 24.6 Å². The Balaban J connectivity index is 2.66. The number of aryl methyl sites for hydroxylation is 2. The molecule has 1 rings (SSSR count). The van der Waals surface area contributed by atoms with E-state index >= 15 is 0 Å². The predicted molar refractivity (Wildman–Crippen MR) is 84.5 cm³/mol. The van der Waals surface area contributed by atoms with Crippen molar-refractivity contribution in [2.24, 2.45) is 0 Å². The van der Waals surface area contributed by atoms with Gasteiger partial charge < -0.3 is 10.8 Å². The number of nitrogens with two attached hydrogens (primary N) is 1. The Hall–Kier alpha value is -0.760. The van der Waals surface area contributed by atoms with Gasteiger partial charge in [0.15, 0.2) is 0 Å². The molecule has 0 amide bonds. The largest absolute Gasteiger partial charge is 0.399 e. The number of rotatable bonds is 8. The van der Waals surface area contributed by atoms with Crippen molar-refractivity contribution in [3.63, 3.8) is 0 Å². The average Bonchev–Trinajstić information content (AvgIpc) is 2.31. The molecule has 4 N–H and O–H groups in total. The van der Waals surface area contributed by atoms with Gasteiger partial charge in [-0.1, -0.05) is 0 Å². The summed E-state index contributed by atoms with van der Waals surface area (Å²) < 4.78 is 27.1. The summed E-state index contributed by atoms with van der Waals surface area (Å²) >= 11 is 1.62. The number of hydrogen-bond donors (Lipinski definition) is 3. The Morgan fingerprint density at radius 3 is 2.40 bits per heavy atom. The highest BCUT2D eigenvalue weighted by atomic mass is 32.2. The van der Waals surface area contributed by atoms with Gasteiger partial charge in [-0.15, -0.1) is 0 Å². The van der Waals surface area contributed by atoms with Crippen LogP contribution in [0.2, 0.25) is 0 Å². The first-order chi connectivity index (χ1) is 9.38. The van der Waals surface area contributed by atoms with Crippen molar-refractivity contribution in [2.45, 2.75) is 25.2 Å². The number of hydrogen-bond acceptors (Lipinski definition) is 5. The van der Waals surface area contributed by atoms with Crippen LogP contribution >= 0.6 is 11.8 Å². The standard InChI is InChI=1S/C13H22N2O3S2/c1-10-8-12(14)9-11(2)13(10)20(17,18)15-4-7-19-6-3-5-16/h8-9,15-16H,3-7,14H2,1-2H3. The van der Waals surface area contributed by atoms with Gasteiger partial charge in [0.05, 0.1) is 4.90 Å². The van der Waals surface area contributed by atoms with Crippen LogP contribution in [0.15, 0.2) is 17.0 Å². The molecular formula is C13H22N2O3S2. The van der Waals surface area contributed by atoms with E-state index in [2.05, 4.69) is 4.72 Å². The van der Waals surface area contributed by atoms with Crippen molar-refractivity contribution >= 4 is 27.5 Å². The zero-order valence-corrected chi connectivity index (χ0v) is 13.5. The van der Waals surface area contributed by atoms with Crippen LogP contribution in [-0.4, -0.2) is 38.2 Å². The minimum Gasteiger partial charge on any atom is -0.399 e. The Morgan fingerprint density at radius 2 is 1.85 bits per heavy atom. The molecule has 1 aromatic rings. The lowest BCUT2D eigenvalue weighted by Crippen LogP contribution is -2.27. The molecule has 0 heterocycles. The lowest BCUT2D eigenvalue weighted by atomic mass is 10.1. The number of benzene rings is 1. The summed E-state index contributed by atoms with van der Waals surface area (Å²) in [5.41, 5.74) is 7.58. The fourth-order valence-corrected chi connectivity index (χ4v) is 4.39. The van der Waals surface area contributed by atoms with Crippen LogP contribution < -0.4 is 10.5 Å². The number of sulfonamides is 1. The van der Waals surface area contributed by atoms with Gasteiger partial charge in [-0.3, -0.25) is 0 Å². The minimum absolute atomic E-state index is 0.169. The summed E-state index contributed by atoms with van der Waals surface area (Å²) in [5.74, 6) is 1.52. The van der Waals surface area contributed by atoms with Crippen molar-refractivity contribution in [1.82, 2.24) is 4.72 Å². The Labute approximate surface area is 125 Å². The van der Waals surface area contributed by atoms with E-state index in [0.717, 1.165) is 12.2 Å². The van der Waals surface area contributed by atoms with Crippen molar-refractivity contribution in [1.29, 1.82) is 0 Å². The van der Waals surface area contributed by atoms with Gasteiger partial charge in [-0.05, 0) is 49.3 Å². The van der Waals surface area contributed by atoms with Crippen LogP contribution in [0.5, 0.6) is 0 Å². The van der Waals surface area contributed by atoms with Crippen LogP contribution in [0, 0.1) is 13.8 Å². The first-order valence-electron chi connectivity index (χ1n) is 6.43. The number of nitrogen functional groups attached to an aromatic ring is 1. The highest BCUT2D eigenvalue weighted by molar-refractivity contribution is 7.99. The van der Waals surface area contributed by atoms with E-state index in [9.17, 15) is 8.42 Å². The van der Waals surface area contributed by atoms with Crippen LogP contribution in [-0.2, 0) is 10.0 Å². The predicted octanol–water partition coefficient (Wildman–Crippen LogP) is 1.28.